The van der Waals surface area contributed by atoms with Crippen LogP contribution in [0.1, 0.15) is 0 Å². The van der Waals surface area contributed by atoms with Crippen molar-refractivity contribution in [2.45, 2.75) is 0 Å². The summed E-state index contributed by atoms with van der Waals surface area (Å²) in [5.74, 6) is 5.98. The Labute approximate surface area is 99.9 Å². The van der Waals surface area contributed by atoms with Crippen LogP contribution in [0.15, 0.2) is 10.7 Å². The number of carbonyl (C=O) groups is 1. The van der Waals surface area contributed by atoms with Gasteiger partial charge in [0.1, 0.15) is 12.4 Å². The molecule has 9 heteroatoms. The van der Waals surface area contributed by atoms with Gasteiger partial charge in [-0.3, -0.25) is 5.43 Å². The molecule has 1 amide bonds. The molecule has 0 saturated carbocycles. The molecule has 0 aliphatic heterocycles. The molecule has 0 atom stereocenters. The summed E-state index contributed by atoms with van der Waals surface area (Å²) >= 11 is 3.25. The summed E-state index contributed by atoms with van der Waals surface area (Å²) in [5.41, 5.74) is 7.11. The number of hydrogen-bond acceptors (Lipinski definition) is 7. The quantitative estimate of drug-likeness (QED) is 0.342. The molecule has 0 saturated heterocycles. The Hall–Kier alpha value is -1.61. The van der Waals surface area contributed by atoms with Gasteiger partial charge in [-0.25, -0.2) is 15.6 Å². The Morgan fingerprint density at radius 2 is 2.38 bits per heavy atom. The van der Waals surface area contributed by atoms with Crippen LogP contribution in [-0.2, 0) is 4.74 Å². The summed E-state index contributed by atoms with van der Waals surface area (Å²) in [6.45, 7) is 0.528. The number of hydrazine groups is 1. The van der Waals surface area contributed by atoms with Crippen LogP contribution in [0.25, 0.3) is 0 Å². The summed E-state index contributed by atoms with van der Waals surface area (Å²) in [6, 6.07) is 0. The third-order valence-corrected chi connectivity index (χ3v) is 2.09. The predicted molar refractivity (Wildman–Crippen MR) is 61.6 cm³/mol. The fourth-order valence-corrected chi connectivity index (χ4v) is 1.21. The standard InChI is InChI=1S/C7H11BrN6O2/c8-4-3-12-7(14-10)13-5(4)11-1-2-16-6(9)15/h3H,1-2,10H2,(H2,9,15)(H2,11,12,13,14). The highest BCUT2D eigenvalue weighted by molar-refractivity contribution is 9.10. The molecule has 0 fully saturated rings. The Balaban J connectivity index is 2.49. The first kappa shape index (κ1) is 12.5. The monoisotopic (exact) mass is 290 g/mol. The molecular weight excluding hydrogens is 280 g/mol. The van der Waals surface area contributed by atoms with Gasteiger partial charge < -0.3 is 15.8 Å². The van der Waals surface area contributed by atoms with Gasteiger partial charge in [-0.1, -0.05) is 0 Å². The van der Waals surface area contributed by atoms with Gasteiger partial charge in [0, 0.05) is 6.20 Å². The molecule has 6 N–H and O–H groups in total. The highest BCUT2D eigenvalue weighted by Crippen LogP contribution is 2.19. The molecule has 0 radical (unpaired) electrons. The van der Waals surface area contributed by atoms with Gasteiger partial charge in [0.15, 0.2) is 0 Å². The predicted octanol–water partition coefficient (Wildman–Crippen LogP) is 0.0319. The first-order chi connectivity index (χ1) is 7.63. The van der Waals surface area contributed by atoms with Crippen molar-refractivity contribution in [1.82, 2.24) is 9.97 Å². The third kappa shape index (κ3) is 3.87. The minimum Gasteiger partial charge on any atom is -0.448 e. The van der Waals surface area contributed by atoms with E-state index in [1.807, 2.05) is 0 Å². The van der Waals surface area contributed by atoms with Crippen LogP contribution in [0.2, 0.25) is 0 Å². The number of anilines is 2. The lowest BCUT2D eigenvalue weighted by Crippen LogP contribution is -2.19. The molecule has 0 spiro atoms. The van der Waals surface area contributed by atoms with E-state index in [-0.39, 0.29) is 12.6 Å². The average Bonchev–Trinajstić information content (AvgIpc) is 2.26. The molecule has 1 aromatic heterocycles. The van der Waals surface area contributed by atoms with Crippen molar-refractivity contribution in [2.75, 3.05) is 23.9 Å². The Bertz CT molecular complexity index is 374. The lowest BCUT2D eigenvalue weighted by molar-refractivity contribution is 0.161. The van der Waals surface area contributed by atoms with Crippen LogP contribution >= 0.6 is 15.9 Å². The van der Waals surface area contributed by atoms with Gasteiger partial charge in [0.05, 0.1) is 11.0 Å². The number of nitrogens with one attached hydrogen (secondary N) is 2. The maximum Gasteiger partial charge on any atom is 0.404 e. The minimum absolute atomic E-state index is 0.150. The molecule has 88 valence electrons. The average molecular weight is 291 g/mol. The van der Waals surface area contributed by atoms with E-state index in [0.717, 1.165) is 0 Å². The third-order valence-electron chi connectivity index (χ3n) is 1.51. The number of nitrogens with two attached hydrogens (primary N) is 2. The summed E-state index contributed by atoms with van der Waals surface area (Å²) in [5, 5.41) is 2.92. The van der Waals surface area contributed by atoms with Crippen LogP contribution < -0.4 is 22.3 Å². The van der Waals surface area contributed by atoms with E-state index in [9.17, 15) is 4.79 Å². The number of rotatable bonds is 5. The lowest BCUT2D eigenvalue weighted by atomic mass is 10.5. The molecule has 1 aromatic rings. The Kier molecular flexibility index (Phi) is 4.73. The molecule has 0 aromatic carbocycles. The van der Waals surface area contributed by atoms with E-state index >= 15 is 0 Å². The van der Waals surface area contributed by atoms with Gasteiger partial charge >= 0.3 is 6.09 Å². The van der Waals surface area contributed by atoms with Crippen LogP contribution in [0.3, 0.4) is 0 Å². The number of ether oxygens (including phenoxy) is 1. The van der Waals surface area contributed by atoms with Gasteiger partial charge in [0.2, 0.25) is 5.95 Å². The maximum absolute atomic E-state index is 10.3. The van der Waals surface area contributed by atoms with Crippen LogP contribution in [0.4, 0.5) is 16.6 Å². The minimum atomic E-state index is -0.812. The Morgan fingerprint density at radius 1 is 1.62 bits per heavy atom. The highest BCUT2D eigenvalue weighted by atomic mass is 79.9. The number of carbonyl (C=O) groups excluding carboxylic acids is 1. The molecule has 1 heterocycles. The fourth-order valence-electron chi connectivity index (χ4n) is 0.882. The van der Waals surface area contributed by atoms with Crippen LogP contribution in [0.5, 0.6) is 0 Å². The molecular formula is C7H11BrN6O2. The normalized spacial score (nSPS) is 9.62. The molecule has 0 unspecified atom stereocenters. The van der Waals surface area contributed by atoms with Crippen LogP contribution in [-0.4, -0.2) is 29.2 Å². The molecule has 0 aliphatic carbocycles. The van der Waals surface area contributed by atoms with Crippen molar-refractivity contribution >= 4 is 33.8 Å². The fraction of sp³-hybridized carbons (Fsp3) is 0.286. The number of nitrogens with zero attached hydrogens (tertiary/aromatic N) is 2. The second-order valence-electron chi connectivity index (χ2n) is 2.63. The van der Waals surface area contributed by atoms with Crippen molar-refractivity contribution in [3.8, 4) is 0 Å². The number of amides is 1. The molecule has 0 aliphatic rings. The van der Waals surface area contributed by atoms with E-state index in [1.54, 1.807) is 6.20 Å². The number of nitrogen functional groups attached to an aromatic ring is 1. The molecule has 8 nitrogen and oxygen atoms in total. The first-order valence-corrected chi connectivity index (χ1v) is 5.08. The summed E-state index contributed by atoms with van der Waals surface area (Å²) in [4.78, 5) is 18.2. The second kappa shape index (κ2) is 6.08. The van der Waals surface area contributed by atoms with Crippen molar-refractivity contribution < 1.29 is 9.53 Å². The summed E-state index contributed by atoms with van der Waals surface area (Å²) in [7, 11) is 0. The second-order valence-corrected chi connectivity index (χ2v) is 3.48. The van der Waals surface area contributed by atoms with Gasteiger partial charge in [-0.2, -0.15) is 4.98 Å². The SMILES string of the molecule is NNc1ncc(Br)c(NCCOC(N)=O)n1. The van der Waals surface area contributed by atoms with E-state index in [4.69, 9.17) is 11.6 Å². The van der Waals surface area contributed by atoms with Gasteiger partial charge in [-0.05, 0) is 15.9 Å². The molecule has 1 rings (SSSR count). The van der Waals surface area contributed by atoms with Crippen LogP contribution in [0, 0.1) is 0 Å². The summed E-state index contributed by atoms with van der Waals surface area (Å²) in [6.07, 6.45) is 0.729. The number of primary amides is 1. The zero-order valence-electron chi connectivity index (χ0n) is 8.24. The van der Waals surface area contributed by atoms with E-state index in [2.05, 4.69) is 41.4 Å². The molecule has 16 heavy (non-hydrogen) atoms. The highest BCUT2D eigenvalue weighted by Gasteiger charge is 2.03. The van der Waals surface area contributed by atoms with E-state index in [1.165, 1.54) is 0 Å². The number of hydrogen-bond donors (Lipinski definition) is 4. The number of halogens is 1. The first-order valence-electron chi connectivity index (χ1n) is 4.28. The maximum atomic E-state index is 10.3. The van der Waals surface area contributed by atoms with E-state index < -0.39 is 6.09 Å². The Morgan fingerprint density at radius 3 is 3.00 bits per heavy atom. The largest absolute Gasteiger partial charge is 0.448 e. The lowest BCUT2D eigenvalue weighted by Gasteiger charge is -2.08. The van der Waals surface area contributed by atoms with Crippen molar-refractivity contribution in [3.05, 3.63) is 10.7 Å². The van der Waals surface area contributed by atoms with Crippen molar-refractivity contribution in [3.63, 3.8) is 0 Å². The van der Waals surface area contributed by atoms with Gasteiger partial charge in [0.25, 0.3) is 0 Å². The van der Waals surface area contributed by atoms with Crippen molar-refractivity contribution in [2.24, 2.45) is 11.6 Å². The smallest absolute Gasteiger partial charge is 0.404 e. The van der Waals surface area contributed by atoms with E-state index in [0.29, 0.717) is 16.8 Å². The topological polar surface area (TPSA) is 128 Å². The number of aromatic nitrogens is 2. The van der Waals surface area contributed by atoms with Gasteiger partial charge in [-0.15, -0.1) is 0 Å². The van der Waals surface area contributed by atoms with Crippen molar-refractivity contribution in [1.29, 1.82) is 0 Å². The zero-order valence-corrected chi connectivity index (χ0v) is 9.82. The summed E-state index contributed by atoms with van der Waals surface area (Å²) < 4.78 is 5.21. The zero-order chi connectivity index (χ0) is 12.0. The molecule has 0 bridgehead atoms.